The van der Waals surface area contributed by atoms with Crippen LogP contribution in [0.1, 0.15) is 148 Å². The van der Waals surface area contributed by atoms with Gasteiger partial charge in [0.25, 0.3) is 5.91 Å². The summed E-state index contributed by atoms with van der Waals surface area (Å²) < 4.78 is 6.14. The Labute approximate surface area is 577 Å². The lowest BCUT2D eigenvalue weighted by molar-refractivity contribution is -0.145. The molecule has 3 aliphatic heterocycles. The minimum Gasteiger partial charge on any atom is -0.494 e. The molecule has 1 aromatic carbocycles. The van der Waals surface area contributed by atoms with Gasteiger partial charge in [0.2, 0.25) is 65.0 Å². The summed E-state index contributed by atoms with van der Waals surface area (Å²) in [5.41, 5.74) is 18.7. The first-order valence-electron chi connectivity index (χ1n) is 32.9. The first-order chi connectivity index (χ1) is 46.5. The molecule has 12 amide bonds. The third-order valence-corrected chi connectivity index (χ3v) is 17.9. The highest BCUT2D eigenvalue weighted by Gasteiger charge is 2.43. The third kappa shape index (κ3) is 28.3. The number of carbonyl (C=O) groups is 14. The van der Waals surface area contributed by atoms with E-state index in [0.717, 1.165) is 42.0 Å². The maximum Gasteiger partial charge on any atom is 0.305 e. The Hall–Kier alpha value is -8.31. The number of thioether (sulfide) groups is 2. The van der Waals surface area contributed by atoms with Gasteiger partial charge in [-0.25, -0.2) is 0 Å². The molecule has 0 spiro atoms. The van der Waals surface area contributed by atoms with Crippen LogP contribution < -0.4 is 64.5 Å². The van der Waals surface area contributed by atoms with Gasteiger partial charge in [-0.2, -0.15) is 23.5 Å². The number of aliphatic hydroxyl groups is 1. The SMILES string of the molecule is CSCc1cc2cc(c1)OCCCCCCO/N=C/C(=O)N[C@@H](CCCCN)C(=O)N[C@@H](C)C(=O)N1CCC[C@H]1C(=O)N[C@@H](CC(C)C)C(=O)N[C@@H](CC(=O)O)C(=O)N[C@@H]([C@@H](C)O)C(=O)N1CCC[C@H]1C(=O)N[C@@H](CCC(N)=O)C(=O)N[C@@H](CCC(=O)O)C(=O)N[C@H](C(N)=O)CSC2. The molecule has 3 aliphatic rings. The van der Waals surface area contributed by atoms with Crippen LogP contribution in [0.5, 0.6) is 5.75 Å². The topological polar surface area (TPSA) is 511 Å². The number of carboxylic acids is 2. The smallest absolute Gasteiger partial charge is 0.305 e. The lowest BCUT2D eigenvalue weighted by atomic mass is 10.0. The number of unbranched alkanes of at least 4 members (excludes halogenated alkanes) is 1. The molecule has 2 fully saturated rings. The van der Waals surface area contributed by atoms with Gasteiger partial charge in [-0.1, -0.05) is 25.1 Å². The third-order valence-electron chi connectivity index (χ3n) is 16.2. The highest BCUT2D eigenvalue weighted by atomic mass is 32.2. The predicted molar refractivity (Wildman–Crippen MR) is 360 cm³/mol. The van der Waals surface area contributed by atoms with Crippen molar-refractivity contribution < 1.29 is 92.0 Å². The van der Waals surface area contributed by atoms with Gasteiger partial charge >= 0.3 is 11.9 Å². The maximum absolute atomic E-state index is 14.4. The Morgan fingerprint density at radius 2 is 1.21 bits per heavy atom. The Morgan fingerprint density at radius 3 is 1.81 bits per heavy atom. The minimum atomic E-state index is -1.95. The van der Waals surface area contributed by atoms with Crippen molar-refractivity contribution in [3.63, 3.8) is 0 Å². The summed E-state index contributed by atoms with van der Waals surface area (Å²) >= 11 is 2.82. The monoisotopic (exact) mass is 1420 g/mol. The summed E-state index contributed by atoms with van der Waals surface area (Å²) in [7, 11) is 0. The van der Waals surface area contributed by atoms with E-state index in [-0.39, 0.29) is 63.5 Å². The molecule has 35 heteroatoms. The molecule has 2 bridgehead atoms. The van der Waals surface area contributed by atoms with Crippen molar-refractivity contribution >= 4 is 113 Å². The molecule has 17 N–H and O–H groups in total. The minimum absolute atomic E-state index is 0.0515. The number of amides is 12. The zero-order valence-electron chi connectivity index (χ0n) is 56.2. The molecular weight excluding hydrogens is 1320 g/mol. The highest BCUT2D eigenvalue weighted by molar-refractivity contribution is 7.98. The molecule has 546 valence electrons. The van der Waals surface area contributed by atoms with Crippen molar-refractivity contribution in [2.24, 2.45) is 28.3 Å². The van der Waals surface area contributed by atoms with Gasteiger partial charge in [-0.05, 0) is 146 Å². The summed E-state index contributed by atoms with van der Waals surface area (Å²) in [6.45, 7) is 6.73. The number of ether oxygens (including phenoxy) is 1. The van der Waals surface area contributed by atoms with Gasteiger partial charge in [-0.15, -0.1) is 0 Å². The molecule has 4 rings (SSSR count). The number of nitrogens with zero attached hydrogens (tertiary/aromatic N) is 3. The molecular formula is C63H98N14O19S2. The van der Waals surface area contributed by atoms with E-state index in [1.165, 1.54) is 23.6 Å². The maximum atomic E-state index is 14.4. The van der Waals surface area contributed by atoms with Crippen LogP contribution in [0.3, 0.4) is 0 Å². The van der Waals surface area contributed by atoms with Crippen LogP contribution in [0.2, 0.25) is 0 Å². The van der Waals surface area contributed by atoms with Crippen LogP contribution in [-0.2, 0) is 83.5 Å². The largest absolute Gasteiger partial charge is 0.494 e. The lowest BCUT2D eigenvalue weighted by Gasteiger charge is -2.32. The molecule has 0 unspecified atom stereocenters. The first-order valence-corrected chi connectivity index (χ1v) is 35.5. The molecule has 2 saturated heterocycles. The number of fused-ring (bicyclic) bond motifs is 4. The number of benzene rings is 1. The van der Waals surface area contributed by atoms with Gasteiger partial charge in [0.15, 0.2) is 0 Å². The van der Waals surface area contributed by atoms with Gasteiger partial charge in [-0.3, -0.25) is 67.1 Å². The summed E-state index contributed by atoms with van der Waals surface area (Å²) in [5, 5.41) is 54.3. The zero-order valence-corrected chi connectivity index (χ0v) is 57.8. The Morgan fingerprint density at radius 1 is 0.653 bits per heavy atom. The fourth-order valence-electron chi connectivity index (χ4n) is 11.1. The standard InChI is InChI=1S/C63H98N14O19S2/c1-35(2)26-44-58(89)72-45(30-52(83)84)59(90)75-53(37(4)78)63(94)77-23-13-16-48(77)60(91)71-42(17-19-49(65)79)56(87)70-43(18-20-51(81)82)57(88)74-46(54(66)85)34-98-33-39-27-38(32-97-5)28-40(29-39)95-24-10-6-7-11-25-96-67-31-50(80)69-41(14-8-9-21-64)55(86)68-36(3)62(93)76-22-12-15-47(76)61(92)73-44/h27-29,31,35-37,41-48,53,78H,6-26,30,32-34,64H2,1-5H3,(H2,65,79)(H2,66,85)(H,68,86)(H,69,80)(H,70,87)(H,71,91)(H,72,89)(H,73,92)(H,74,88)(H,75,90)(H,81,82)(H,83,84)/b67-31+/t36-,37+,41-,42-,43-,44-,45-,46-,47-,48-,53-/m0/s1. The van der Waals surface area contributed by atoms with Crippen molar-refractivity contribution in [2.75, 3.05) is 44.9 Å². The molecule has 0 aromatic heterocycles. The van der Waals surface area contributed by atoms with Crippen LogP contribution in [0.4, 0.5) is 0 Å². The van der Waals surface area contributed by atoms with E-state index in [9.17, 15) is 82.4 Å². The number of hydrogen-bond acceptors (Lipinski definition) is 21. The molecule has 33 nitrogen and oxygen atoms in total. The second-order valence-electron chi connectivity index (χ2n) is 24.8. The van der Waals surface area contributed by atoms with Crippen molar-refractivity contribution in [2.45, 2.75) is 215 Å². The average molecular weight is 1420 g/mol. The second-order valence-corrected chi connectivity index (χ2v) is 26.7. The summed E-state index contributed by atoms with van der Waals surface area (Å²) in [4.78, 5) is 197. The molecule has 0 saturated carbocycles. The van der Waals surface area contributed by atoms with E-state index in [0.29, 0.717) is 62.5 Å². The average Bonchev–Trinajstić information content (AvgIpc) is 1.61. The van der Waals surface area contributed by atoms with Gasteiger partial charge < -0.3 is 94.4 Å². The Balaban J connectivity index is 1.66. The van der Waals surface area contributed by atoms with Gasteiger partial charge in [0.05, 0.1) is 19.1 Å². The van der Waals surface area contributed by atoms with Crippen LogP contribution in [0.25, 0.3) is 0 Å². The van der Waals surface area contributed by atoms with E-state index in [1.807, 2.05) is 24.5 Å². The van der Waals surface area contributed by atoms with E-state index in [2.05, 4.69) is 47.7 Å². The van der Waals surface area contributed by atoms with Crippen LogP contribution in [0, 0.1) is 5.92 Å². The number of oxime groups is 1. The number of carbonyl (C=O) groups excluding carboxylic acids is 12. The number of rotatable bonds is 18. The summed E-state index contributed by atoms with van der Waals surface area (Å²) in [5.74, 6) is -13.0. The highest BCUT2D eigenvalue weighted by Crippen LogP contribution is 2.26. The van der Waals surface area contributed by atoms with Gasteiger partial charge in [0, 0.05) is 43.2 Å². The van der Waals surface area contributed by atoms with Crippen LogP contribution in [-0.4, -0.2) is 226 Å². The normalized spacial score (nSPS) is 25.8. The molecule has 3 heterocycles. The van der Waals surface area contributed by atoms with Gasteiger partial charge in [0.1, 0.15) is 79.0 Å². The molecule has 0 radical (unpaired) electrons. The van der Waals surface area contributed by atoms with Crippen LogP contribution >= 0.6 is 23.5 Å². The van der Waals surface area contributed by atoms with Crippen molar-refractivity contribution in [1.29, 1.82) is 0 Å². The van der Waals surface area contributed by atoms with Crippen molar-refractivity contribution in [3.8, 4) is 5.75 Å². The van der Waals surface area contributed by atoms with E-state index >= 15 is 0 Å². The number of hydrogen-bond donors (Lipinski definition) is 14. The van der Waals surface area contributed by atoms with Crippen LogP contribution in [0.15, 0.2) is 23.4 Å². The fourth-order valence-corrected chi connectivity index (χ4v) is 12.6. The van der Waals surface area contributed by atoms with Crippen molar-refractivity contribution in [3.05, 3.63) is 29.3 Å². The number of carboxylic acid groups (broad SMARTS) is 2. The second kappa shape index (κ2) is 42.5. The molecule has 11 atom stereocenters. The summed E-state index contributed by atoms with van der Waals surface area (Å²) in [6, 6.07) is -9.18. The fraction of sp³-hybridized carbons (Fsp3) is 0.667. The van der Waals surface area contributed by atoms with E-state index in [1.54, 1.807) is 25.6 Å². The summed E-state index contributed by atoms with van der Waals surface area (Å²) in [6.07, 6.45) is 2.22. The quantitative estimate of drug-likeness (QED) is 0.0726. The zero-order chi connectivity index (χ0) is 72.6. The lowest BCUT2D eigenvalue weighted by Crippen LogP contribution is -2.62. The number of nitrogens with two attached hydrogens (primary N) is 3. The number of primary amides is 2. The Bertz CT molecular complexity index is 2980. The molecule has 1 aromatic rings. The number of nitrogens with one attached hydrogen (secondary N) is 8. The number of aliphatic hydroxyl groups excluding tert-OH is 1. The van der Waals surface area contributed by atoms with Crippen molar-refractivity contribution in [1.82, 2.24) is 52.3 Å². The first kappa shape index (κ1) is 82.1. The number of aliphatic carboxylic acids is 2. The molecule has 98 heavy (non-hydrogen) atoms. The molecule has 0 aliphatic carbocycles. The predicted octanol–water partition coefficient (Wildman–Crippen LogP) is -1.74. The van der Waals surface area contributed by atoms with E-state index in [4.69, 9.17) is 26.8 Å². The Kier molecular flexibility index (Phi) is 35.6. The van der Waals surface area contributed by atoms with E-state index < -0.39 is 181 Å².